The second-order valence-corrected chi connectivity index (χ2v) is 8.38. The average molecular weight is 349 g/mol. The molecule has 24 heavy (non-hydrogen) atoms. The maximum Gasteiger partial charge on any atom is 0.151 e. The van der Waals surface area contributed by atoms with E-state index >= 15 is 0 Å². The van der Waals surface area contributed by atoms with E-state index in [0.29, 0.717) is 12.2 Å². The van der Waals surface area contributed by atoms with E-state index in [-0.39, 0.29) is 0 Å². The Bertz CT molecular complexity index is 514. The number of aromatic nitrogens is 2. The van der Waals surface area contributed by atoms with Gasteiger partial charge in [0.25, 0.3) is 0 Å². The van der Waals surface area contributed by atoms with Crippen LogP contribution in [-0.2, 0) is 11.2 Å². The van der Waals surface area contributed by atoms with E-state index in [4.69, 9.17) is 4.74 Å². The minimum absolute atomic E-state index is 0.323. The highest BCUT2D eigenvalue weighted by atomic mass is 32.2. The fourth-order valence-electron chi connectivity index (χ4n) is 3.97. The smallest absolute Gasteiger partial charge is 0.151 e. The van der Waals surface area contributed by atoms with E-state index in [2.05, 4.69) is 32.1 Å². The summed E-state index contributed by atoms with van der Waals surface area (Å²) in [6.07, 6.45) is 6.71. The van der Waals surface area contributed by atoms with Gasteiger partial charge in [-0.25, -0.2) is 0 Å². The van der Waals surface area contributed by atoms with Gasteiger partial charge in [0.1, 0.15) is 0 Å². The predicted molar refractivity (Wildman–Crippen MR) is 98.8 cm³/mol. The van der Waals surface area contributed by atoms with Crippen LogP contribution in [0.5, 0.6) is 0 Å². The van der Waals surface area contributed by atoms with E-state index in [9.17, 15) is 0 Å². The van der Waals surface area contributed by atoms with Gasteiger partial charge in [0.2, 0.25) is 0 Å². The van der Waals surface area contributed by atoms with Crippen molar-refractivity contribution in [1.29, 1.82) is 0 Å². The lowest BCUT2D eigenvalue weighted by molar-refractivity contribution is 0.0270. The van der Waals surface area contributed by atoms with Crippen LogP contribution in [0.3, 0.4) is 0 Å². The van der Waals surface area contributed by atoms with Crippen molar-refractivity contribution in [2.45, 2.75) is 44.3 Å². The van der Waals surface area contributed by atoms with Crippen molar-refractivity contribution in [2.24, 2.45) is 0 Å². The molecule has 3 saturated heterocycles. The molecule has 1 aromatic rings. The number of likely N-dealkylation sites (tertiary alicyclic amines) is 1. The molecule has 0 spiro atoms. The number of ether oxygens (including phenoxy) is 1. The molecule has 0 aliphatic carbocycles. The van der Waals surface area contributed by atoms with Crippen molar-refractivity contribution in [3.05, 3.63) is 17.8 Å². The Morgan fingerprint density at radius 2 is 1.79 bits per heavy atom. The number of anilines is 1. The number of thioether (sulfide) groups is 1. The number of nitrogens with zero attached hydrogens (tertiary/aromatic N) is 4. The summed E-state index contributed by atoms with van der Waals surface area (Å²) in [7, 11) is 0. The molecular weight excluding hydrogens is 320 g/mol. The van der Waals surface area contributed by atoms with Gasteiger partial charge in [0.05, 0.1) is 17.9 Å². The maximum absolute atomic E-state index is 6.25. The Labute approximate surface area is 149 Å². The predicted octanol–water partition coefficient (Wildman–Crippen LogP) is 2.22. The molecular formula is C18H28N4OS. The molecule has 1 aromatic heterocycles. The van der Waals surface area contributed by atoms with Gasteiger partial charge in [-0.3, -0.25) is 0 Å². The Morgan fingerprint density at radius 1 is 1.00 bits per heavy atom. The zero-order chi connectivity index (χ0) is 16.2. The van der Waals surface area contributed by atoms with Gasteiger partial charge in [0, 0.05) is 37.6 Å². The summed E-state index contributed by atoms with van der Waals surface area (Å²) in [5.74, 6) is 3.41. The molecule has 0 amide bonds. The monoisotopic (exact) mass is 348 g/mol. The summed E-state index contributed by atoms with van der Waals surface area (Å²) < 4.78 is 6.25. The second kappa shape index (κ2) is 8.02. The first-order valence-electron chi connectivity index (χ1n) is 9.40. The molecule has 0 bridgehead atoms. The van der Waals surface area contributed by atoms with Crippen LogP contribution in [0.15, 0.2) is 12.1 Å². The molecule has 0 unspecified atom stereocenters. The minimum atomic E-state index is 0.323. The first-order valence-corrected chi connectivity index (χ1v) is 10.6. The molecule has 6 heteroatoms. The minimum Gasteiger partial charge on any atom is -0.373 e. The largest absolute Gasteiger partial charge is 0.373 e. The molecule has 0 N–H and O–H groups in total. The fourth-order valence-corrected chi connectivity index (χ4v) is 4.88. The first-order chi connectivity index (χ1) is 11.9. The topological polar surface area (TPSA) is 41.5 Å². The number of hydrogen-bond donors (Lipinski definition) is 0. The molecule has 4 heterocycles. The summed E-state index contributed by atoms with van der Waals surface area (Å²) in [6.45, 7) is 5.80. The average Bonchev–Trinajstić information content (AvgIpc) is 3.29. The normalized spacial score (nSPS) is 28.6. The summed E-state index contributed by atoms with van der Waals surface area (Å²) >= 11 is 2.02. The third kappa shape index (κ3) is 4.21. The Kier molecular flexibility index (Phi) is 5.55. The number of hydrogen-bond acceptors (Lipinski definition) is 6. The van der Waals surface area contributed by atoms with Gasteiger partial charge in [-0.15, -0.1) is 5.10 Å². The van der Waals surface area contributed by atoms with E-state index in [1.807, 2.05) is 11.8 Å². The molecule has 2 atom stereocenters. The van der Waals surface area contributed by atoms with Crippen LogP contribution in [0.2, 0.25) is 0 Å². The van der Waals surface area contributed by atoms with Gasteiger partial charge >= 0.3 is 0 Å². The van der Waals surface area contributed by atoms with Crippen LogP contribution in [0.1, 0.15) is 31.4 Å². The van der Waals surface area contributed by atoms with Crippen LogP contribution in [0, 0.1) is 0 Å². The van der Waals surface area contributed by atoms with Gasteiger partial charge < -0.3 is 14.5 Å². The zero-order valence-electron chi connectivity index (χ0n) is 14.4. The second-order valence-electron chi connectivity index (χ2n) is 7.15. The molecule has 0 aromatic carbocycles. The van der Waals surface area contributed by atoms with E-state index in [0.717, 1.165) is 44.0 Å². The summed E-state index contributed by atoms with van der Waals surface area (Å²) in [4.78, 5) is 4.89. The molecule has 3 aliphatic heterocycles. The molecule has 3 aliphatic rings. The molecule has 0 radical (unpaired) electrons. The van der Waals surface area contributed by atoms with Crippen molar-refractivity contribution in [2.75, 3.05) is 49.1 Å². The Balaban J connectivity index is 1.26. The molecule has 132 valence electrons. The van der Waals surface area contributed by atoms with E-state index < -0.39 is 0 Å². The van der Waals surface area contributed by atoms with Gasteiger partial charge in [-0.05, 0) is 50.9 Å². The highest BCUT2D eigenvalue weighted by Crippen LogP contribution is 2.24. The zero-order valence-corrected chi connectivity index (χ0v) is 15.2. The lowest BCUT2D eigenvalue weighted by Crippen LogP contribution is -2.33. The quantitative estimate of drug-likeness (QED) is 0.813. The molecule has 0 saturated carbocycles. The Hall–Kier alpha value is -0.850. The van der Waals surface area contributed by atoms with Crippen molar-refractivity contribution >= 4 is 17.6 Å². The van der Waals surface area contributed by atoms with Gasteiger partial charge in [-0.1, -0.05) is 0 Å². The standard InChI is InChI=1S/C18H28N4OS/c1-2-8-21(7-1)14-17-5-4-16(23-17)13-15-3-6-18(20-19-15)22-9-11-24-12-10-22/h3,6,16-17H,1-2,4-5,7-14H2/t16-,17+/m0/s1. The van der Waals surface area contributed by atoms with Crippen LogP contribution in [0.4, 0.5) is 5.82 Å². The highest BCUT2D eigenvalue weighted by molar-refractivity contribution is 7.99. The third-order valence-corrected chi connectivity index (χ3v) is 6.28. The molecule has 4 rings (SSSR count). The maximum atomic E-state index is 6.25. The molecule has 3 fully saturated rings. The lowest BCUT2D eigenvalue weighted by atomic mass is 10.1. The number of rotatable bonds is 5. The van der Waals surface area contributed by atoms with Crippen molar-refractivity contribution < 1.29 is 4.74 Å². The summed E-state index contributed by atoms with van der Waals surface area (Å²) in [5.41, 5.74) is 1.07. The first kappa shape index (κ1) is 16.6. The molecule has 5 nitrogen and oxygen atoms in total. The van der Waals surface area contributed by atoms with Crippen LogP contribution < -0.4 is 4.90 Å². The van der Waals surface area contributed by atoms with E-state index in [1.165, 1.54) is 43.9 Å². The Morgan fingerprint density at radius 3 is 2.54 bits per heavy atom. The highest BCUT2D eigenvalue weighted by Gasteiger charge is 2.28. The summed E-state index contributed by atoms with van der Waals surface area (Å²) in [6, 6.07) is 4.27. The van der Waals surface area contributed by atoms with Crippen molar-refractivity contribution in [1.82, 2.24) is 15.1 Å². The van der Waals surface area contributed by atoms with Crippen LogP contribution in [0.25, 0.3) is 0 Å². The van der Waals surface area contributed by atoms with Crippen LogP contribution >= 0.6 is 11.8 Å². The third-order valence-electron chi connectivity index (χ3n) is 5.33. The summed E-state index contributed by atoms with van der Waals surface area (Å²) in [5, 5.41) is 8.91. The lowest BCUT2D eigenvalue weighted by Gasteiger charge is -2.26. The van der Waals surface area contributed by atoms with Gasteiger partial charge in [-0.2, -0.15) is 16.9 Å². The fraction of sp³-hybridized carbons (Fsp3) is 0.778. The van der Waals surface area contributed by atoms with Crippen molar-refractivity contribution in [3.63, 3.8) is 0 Å². The SMILES string of the molecule is c1cc(N2CCSCC2)nnc1C[C@@H]1CC[C@H](CN2CCCC2)O1. The van der Waals surface area contributed by atoms with Crippen LogP contribution in [-0.4, -0.2) is 71.5 Å². The van der Waals surface area contributed by atoms with E-state index in [1.54, 1.807) is 0 Å². The van der Waals surface area contributed by atoms with Crippen molar-refractivity contribution in [3.8, 4) is 0 Å². The van der Waals surface area contributed by atoms with Gasteiger partial charge in [0.15, 0.2) is 5.82 Å².